The highest BCUT2D eigenvalue weighted by atomic mass is 16.2. The SMILES string of the molecule is C[C@]1(c2ccccc2)NC(=O)N(/N=C\c2cn(CCC#N)nc2-c2ccccc2)C1=O. The molecule has 0 aliphatic carbocycles. The minimum atomic E-state index is -1.19. The Morgan fingerprint density at radius 2 is 1.81 bits per heavy atom. The van der Waals surface area contributed by atoms with Crippen LogP contribution >= 0.6 is 0 Å². The van der Waals surface area contributed by atoms with Gasteiger partial charge in [0.15, 0.2) is 0 Å². The van der Waals surface area contributed by atoms with Crippen LogP contribution in [0.25, 0.3) is 11.3 Å². The fourth-order valence-electron chi connectivity index (χ4n) is 3.45. The van der Waals surface area contributed by atoms with Crippen LogP contribution in [0.3, 0.4) is 0 Å². The van der Waals surface area contributed by atoms with Gasteiger partial charge in [-0.2, -0.15) is 15.5 Å². The van der Waals surface area contributed by atoms with Crippen LogP contribution in [0.2, 0.25) is 0 Å². The van der Waals surface area contributed by atoms with E-state index in [2.05, 4.69) is 21.6 Å². The van der Waals surface area contributed by atoms with Crippen LogP contribution in [0.15, 0.2) is 72.0 Å². The summed E-state index contributed by atoms with van der Waals surface area (Å²) in [5.41, 5.74) is 1.65. The van der Waals surface area contributed by atoms with E-state index in [1.54, 1.807) is 29.9 Å². The average molecular weight is 412 g/mol. The molecule has 2 heterocycles. The van der Waals surface area contributed by atoms with E-state index in [0.29, 0.717) is 29.8 Å². The maximum Gasteiger partial charge on any atom is 0.346 e. The van der Waals surface area contributed by atoms with E-state index in [1.807, 2.05) is 48.5 Å². The maximum atomic E-state index is 13.0. The van der Waals surface area contributed by atoms with Crippen LogP contribution < -0.4 is 5.32 Å². The summed E-state index contributed by atoms with van der Waals surface area (Å²) in [7, 11) is 0. The van der Waals surface area contributed by atoms with Crippen molar-refractivity contribution >= 4 is 18.2 Å². The fourth-order valence-corrected chi connectivity index (χ4v) is 3.45. The molecule has 8 heteroatoms. The van der Waals surface area contributed by atoms with E-state index < -0.39 is 17.5 Å². The van der Waals surface area contributed by atoms with E-state index in [-0.39, 0.29) is 0 Å². The normalized spacial score (nSPS) is 18.4. The van der Waals surface area contributed by atoms with E-state index in [0.717, 1.165) is 10.6 Å². The molecule has 0 radical (unpaired) electrons. The van der Waals surface area contributed by atoms with Gasteiger partial charge in [0.2, 0.25) is 0 Å². The number of aryl methyl sites for hydroxylation is 1. The standard InChI is InChI=1S/C23H20N6O2/c1-23(19-11-6-3-7-12-19)21(30)29(22(31)26-23)25-15-18-16-28(14-8-13-24)27-20(18)17-9-4-2-5-10-17/h2-7,9-12,15-16H,8,14H2,1H3,(H,26,31)/b25-15-/t23-/m1/s1. The Hall–Kier alpha value is -4.25. The average Bonchev–Trinajstić information content (AvgIpc) is 3.30. The Kier molecular flexibility index (Phi) is 5.33. The third kappa shape index (κ3) is 3.81. The second-order valence-electron chi connectivity index (χ2n) is 7.25. The highest BCUT2D eigenvalue weighted by Gasteiger charge is 2.49. The first-order chi connectivity index (χ1) is 15.0. The van der Waals surface area contributed by atoms with Crippen LogP contribution in [0.1, 0.15) is 24.5 Å². The van der Waals surface area contributed by atoms with Gasteiger partial charge < -0.3 is 5.32 Å². The minimum Gasteiger partial charge on any atom is -0.318 e. The molecule has 1 N–H and O–H groups in total. The van der Waals surface area contributed by atoms with Gasteiger partial charge in [-0.25, -0.2) is 4.79 Å². The quantitative estimate of drug-likeness (QED) is 0.496. The first-order valence-corrected chi connectivity index (χ1v) is 9.79. The topological polar surface area (TPSA) is 103 Å². The van der Waals surface area contributed by atoms with Crippen LogP contribution in [-0.2, 0) is 16.9 Å². The number of hydrogen-bond donors (Lipinski definition) is 1. The highest BCUT2D eigenvalue weighted by Crippen LogP contribution is 2.29. The molecule has 0 saturated carbocycles. The number of imide groups is 1. The van der Waals surface area contributed by atoms with Crippen LogP contribution in [0.4, 0.5) is 4.79 Å². The van der Waals surface area contributed by atoms with E-state index in [9.17, 15) is 9.59 Å². The van der Waals surface area contributed by atoms with Crippen molar-refractivity contribution in [1.82, 2.24) is 20.1 Å². The van der Waals surface area contributed by atoms with Crippen molar-refractivity contribution in [2.75, 3.05) is 0 Å². The third-order valence-corrected chi connectivity index (χ3v) is 5.12. The second-order valence-corrected chi connectivity index (χ2v) is 7.25. The summed E-state index contributed by atoms with van der Waals surface area (Å²) in [4.78, 5) is 25.6. The molecule has 2 aromatic carbocycles. The van der Waals surface area contributed by atoms with Crippen LogP contribution in [0, 0.1) is 11.3 Å². The van der Waals surface area contributed by atoms with Gasteiger partial charge in [0, 0.05) is 17.3 Å². The van der Waals surface area contributed by atoms with E-state index in [1.165, 1.54) is 6.21 Å². The van der Waals surface area contributed by atoms with Crippen molar-refractivity contribution in [2.45, 2.75) is 25.4 Å². The number of amides is 3. The summed E-state index contributed by atoms with van der Waals surface area (Å²) >= 11 is 0. The summed E-state index contributed by atoms with van der Waals surface area (Å²) in [6, 6.07) is 20.1. The molecular weight excluding hydrogens is 392 g/mol. The molecule has 0 unspecified atom stereocenters. The first kappa shape index (κ1) is 20.0. The minimum absolute atomic E-state index is 0.314. The zero-order valence-electron chi connectivity index (χ0n) is 16.9. The predicted molar refractivity (Wildman–Crippen MR) is 115 cm³/mol. The molecule has 3 amide bonds. The van der Waals surface area contributed by atoms with Gasteiger partial charge in [-0.1, -0.05) is 60.7 Å². The number of aromatic nitrogens is 2. The number of benzene rings is 2. The molecule has 31 heavy (non-hydrogen) atoms. The Labute approximate surface area is 179 Å². The number of nitrogens with one attached hydrogen (secondary N) is 1. The molecule has 1 saturated heterocycles. The number of nitrogens with zero attached hydrogens (tertiary/aromatic N) is 5. The summed E-state index contributed by atoms with van der Waals surface area (Å²) in [6.07, 6.45) is 3.51. The smallest absolute Gasteiger partial charge is 0.318 e. The van der Waals surface area contributed by atoms with Crippen molar-refractivity contribution in [2.24, 2.45) is 5.10 Å². The van der Waals surface area contributed by atoms with E-state index in [4.69, 9.17) is 5.26 Å². The lowest BCUT2D eigenvalue weighted by molar-refractivity contribution is -0.131. The van der Waals surface area contributed by atoms with Gasteiger partial charge in [0.05, 0.1) is 25.2 Å². The predicted octanol–water partition coefficient (Wildman–Crippen LogP) is 3.26. The summed E-state index contributed by atoms with van der Waals surface area (Å²) in [6.45, 7) is 2.09. The van der Waals surface area contributed by atoms with Gasteiger partial charge in [0.1, 0.15) is 11.2 Å². The Morgan fingerprint density at radius 1 is 1.13 bits per heavy atom. The Bertz CT molecular complexity index is 1180. The van der Waals surface area contributed by atoms with Crippen molar-refractivity contribution in [3.8, 4) is 17.3 Å². The molecule has 1 aromatic heterocycles. The lowest BCUT2D eigenvalue weighted by Crippen LogP contribution is -2.40. The lowest BCUT2D eigenvalue weighted by Gasteiger charge is -2.20. The van der Waals surface area contributed by atoms with Gasteiger partial charge in [-0.15, -0.1) is 5.01 Å². The molecule has 8 nitrogen and oxygen atoms in total. The number of rotatable bonds is 6. The van der Waals surface area contributed by atoms with E-state index >= 15 is 0 Å². The van der Waals surface area contributed by atoms with Crippen LogP contribution in [-0.4, -0.2) is 32.9 Å². The van der Waals surface area contributed by atoms with Gasteiger partial charge in [-0.05, 0) is 12.5 Å². The second kappa shape index (κ2) is 8.24. The molecule has 0 spiro atoms. The number of hydrogen-bond acceptors (Lipinski definition) is 5. The number of carbonyl (C=O) groups is 2. The van der Waals surface area contributed by atoms with Crippen molar-refractivity contribution in [1.29, 1.82) is 5.26 Å². The lowest BCUT2D eigenvalue weighted by atomic mass is 9.92. The molecule has 0 bridgehead atoms. The fraction of sp³-hybridized carbons (Fsp3) is 0.174. The summed E-state index contributed by atoms with van der Waals surface area (Å²) in [5, 5.41) is 21.2. The molecule has 1 aliphatic heterocycles. The van der Waals surface area contributed by atoms with Gasteiger partial charge in [-0.3, -0.25) is 9.48 Å². The number of nitriles is 1. The zero-order valence-corrected chi connectivity index (χ0v) is 16.9. The third-order valence-electron chi connectivity index (χ3n) is 5.12. The Morgan fingerprint density at radius 3 is 2.48 bits per heavy atom. The van der Waals surface area contributed by atoms with Crippen molar-refractivity contribution < 1.29 is 9.59 Å². The molecular formula is C23H20N6O2. The molecule has 1 atom stereocenters. The molecule has 154 valence electrons. The monoisotopic (exact) mass is 412 g/mol. The zero-order chi connectivity index (χ0) is 21.8. The summed E-state index contributed by atoms with van der Waals surface area (Å²) in [5.74, 6) is -0.460. The number of urea groups is 1. The molecule has 1 fully saturated rings. The van der Waals surface area contributed by atoms with Crippen LogP contribution in [0.5, 0.6) is 0 Å². The first-order valence-electron chi connectivity index (χ1n) is 9.79. The van der Waals surface area contributed by atoms with Gasteiger partial charge >= 0.3 is 6.03 Å². The highest BCUT2D eigenvalue weighted by molar-refractivity contribution is 6.07. The number of hydrazone groups is 1. The molecule has 3 aromatic rings. The Balaban J connectivity index is 1.65. The van der Waals surface area contributed by atoms with Crippen molar-refractivity contribution in [3.05, 3.63) is 78.0 Å². The molecule has 1 aliphatic rings. The maximum absolute atomic E-state index is 13.0. The van der Waals surface area contributed by atoms with Crippen molar-refractivity contribution in [3.63, 3.8) is 0 Å². The number of carbonyl (C=O) groups excluding carboxylic acids is 2. The largest absolute Gasteiger partial charge is 0.346 e. The summed E-state index contributed by atoms with van der Waals surface area (Å²) < 4.78 is 1.66. The van der Waals surface area contributed by atoms with Gasteiger partial charge in [0.25, 0.3) is 5.91 Å². The molecule has 4 rings (SSSR count).